The van der Waals surface area contributed by atoms with Gasteiger partial charge < -0.3 is 14.2 Å². The Kier molecular flexibility index (Phi) is 10.2. The smallest absolute Gasteiger partial charge is 0.302 e. The molecule has 19 heavy (non-hydrogen) atoms. The van der Waals surface area contributed by atoms with Crippen molar-refractivity contribution < 1.29 is 23.8 Å². The molecule has 0 aliphatic rings. The monoisotopic (exact) mass is 274 g/mol. The summed E-state index contributed by atoms with van der Waals surface area (Å²) in [5, 5.41) is 0. The molecule has 0 saturated carbocycles. The predicted octanol–water partition coefficient (Wildman–Crippen LogP) is 2.18. The average molecular weight is 274 g/mol. The van der Waals surface area contributed by atoms with Gasteiger partial charge in [0.1, 0.15) is 0 Å². The Morgan fingerprint density at radius 1 is 0.789 bits per heavy atom. The Morgan fingerprint density at radius 3 is 1.42 bits per heavy atom. The Balaban J connectivity index is 3.82. The summed E-state index contributed by atoms with van der Waals surface area (Å²) in [4.78, 5) is 21.5. The molecule has 112 valence electrons. The van der Waals surface area contributed by atoms with Gasteiger partial charge in [0, 0.05) is 25.7 Å². The second-order valence-electron chi connectivity index (χ2n) is 4.69. The first-order chi connectivity index (χ1) is 8.99. The molecule has 0 spiro atoms. The zero-order valence-corrected chi connectivity index (χ0v) is 12.4. The molecular weight excluding hydrogens is 248 g/mol. The molecule has 0 heterocycles. The van der Waals surface area contributed by atoms with Crippen molar-refractivity contribution in [1.29, 1.82) is 0 Å². The first-order valence-corrected chi connectivity index (χ1v) is 6.83. The van der Waals surface area contributed by atoms with Gasteiger partial charge in [-0.3, -0.25) is 9.59 Å². The van der Waals surface area contributed by atoms with Crippen molar-refractivity contribution in [2.45, 2.75) is 40.5 Å². The predicted molar refractivity (Wildman–Crippen MR) is 71.6 cm³/mol. The van der Waals surface area contributed by atoms with Crippen LogP contribution in [0.4, 0.5) is 0 Å². The molecule has 0 aromatic heterocycles. The highest BCUT2D eigenvalue weighted by Gasteiger charge is 2.12. The minimum Gasteiger partial charge on any atom is -0.465 e. The van der Waals surface area contributed by atoms with Gasteiger partial charge in [-0.1, -0.05) is 13.8 Å². The number of carbonyl (C=O) groups excluding carboxylic acids is 2. The van der Waals surface area contributed by atoms with Gasteiger partial charge in [0.2, 0.25) is 0 Å². The van der Waals surface area contributed by atoms with Crippen molar-refractivity contribution >= 4 is 11.9 Å². The SMILES string of the molecule is CCC(COCC(CC)COC(C)=O)COC(C)=O. The topological polar surface area (TPSA) is 61.8 Å². The minimum absolute atomic E-state index is 0.218. The van der Waals surface area contributed by atoms with E-state index in [-0.39, 0.29) is 23.8 Å². The summed E-state index contributed by atoms with van der Waals surface area (Å²) in [6.45, 7) is 8.78. The first kappa shape index (κ1) is 17.9. The van der Waals surface area contributed by atoms with Crippen LogP contribution in [0.3, 0.4) is 0 Å². The number of hydrogen-bond donors (Lipinski definition) is 0. The quantitative estimate of drug-likeness (QED) is 0.571. The fourth-order valence-corrected chi connectivity index (χ4v) is 1.44. The van der Waals surface area contributed by atoms with Crippen molar-refractivity contribution in [3.8, 4) is 0 Å². The number of esters is 2. The highest BCUT2D eigenvalue weighted by molar-refractivity contribution is 5.66. The van der Waals surface area contributed by atoms with Crippen LogP contribution >= 0.6 is 0 Å². The Labute approximate surface area is 115 Å². The molecule has 0 saturated heterocycles. The van der Waals surface area contributed by atoms with Gasteiger partial charge in [0.05, 0.1) is 26.4 Å². The summed E-state index contributed by atoms with van der Waals surface area (Å²) in [6.07, 6.45) is 1.79. The maximum absolute atomic E-state index is 10.7. The Morgan fingerprint density at radius 2 is 1.16 bits per heavy atom. The van der Waals surface area contributed by atoms with E-state index in [1.54, 1.807) is 0 Å². The summed E-state index contributed by atoms with van der Waals surface area (Å²) in [6, 6.07) is 0. The maximum Gasteiger partial charge on any atom is 0.302 e. The fourth-order valence-electron chi connectivity index (χ4n) is 1.44. The van der Waals surface area contributed by atoms with Crippen LogP contribution in [0.1, 0.15) is 40.5 Å². The molecule has 0 aromatic rings. The van der Waals surface area contributed by atoms with Gasteiger partial charge >= 0.3 is 11.9 Å². The first-order valence-electron chi connectivity index (χ1n) is 6.83. The second kappa shape index (κ2) is 10.8. The maximum atomic E-state index is 10.7. The molecule has 0 amide bonds. The summed E-state index contributed by atoms with van der Waals surface area (Å²) in [5.41, 5.74) is 0. The van der Waals surface area contributed by atoms with Crippen molar-refractivity contribution in [3.63, 3.8) is 0 Å². The van der Waals surface area contributed by atoms with Crippen LogP contribution in [0, 0.1) is 11.8 Å². The van der Waals surface area contributed by atoms with Crippen LogP contribution in [-0.2, 0) is 23.8 Å². The average Bonchev–Trinajstić information content (AvgIpc) is 2.36. The lowest BCUT2D eigenvalue weighted by Crippen LogP contribution is -2.22. The van der Waals surface area contributed by atoms with Crippen molar-refractivity contribution in [3.05, 3.63) is 0 Å². The molecule has 2 unspecified atom stereocenters. The van der Waals surface area contributed by atoms with E-state index in [2.05, 4.69) is 0 Å². The van der Waals surface area contributed by atoms with Crippen molar-refractivity contribution in [2.24, 2.45) is 11.8 Å². The number of rotatable bonds is 10. The highest BCUT2D eigenvalue weighted by Crippen LogP contribution is 2.08. The summed E-state index contributed by atoms with van der Waals surface area (Å²) >= 11 is 0. The van der Waals surface area contributed by atoms with E-state index < -0.39 is 0 Å². The number of hydrogen-bond acceptors (Lipinski definition) is 5. The van der Waals surface area contributed by atoms with Crippen LogP contribution < -0.4 is 0 Å². The standard InChI is InChI=1S/C14H26O5/c1-5-13(9-18-11(3)15)7-17-8-14(6-2)10-19-12(4)16/h13-14H,5-10H2,1-4H3. The van der Waals surface area contributed by atoms with Crippen LogP contribution in [-0.4, -0.2) is 38.4 Å². The lowest BCUT2D eigenvalue weighted by Gasteiger charge is -2.18. The van der Waals surface area contributed by atoms with E-state index in [0.29, 0.717) is 26.4 Å². The third-order valence-corrected chi connectivity index (χ3v) is 2.91. The molecule has 0 bridgehead atoms. The van der Waals surface area contributed by atoms with Crippen LogP contribution in [0.5, 0.6) is 0 Å². The van der Waals surface area contributed by atoms with Gasteiger partial charge in [0.15, 0.2) is 0 Å². The summed E-state index contributed by atoms with van der Waals surface area (Å²) in [7, 11) is 0. The van der Waals surface area contributed by atoms with E-state index in [9.17, 15) is 9.59 Å². The third kappa shape index (κ3) is 10.5. The van der Waals surface area contributed by atoms with E-state index in [4.69, 9.17) is 14.2 Å². The molecule has 0 fully saturated rings. The fraction of sp³-hybridized carbons (Fsp3) is 0.857. The molecule has 0 aliphatic carbocycles. The van der Waals surface area contributed by atoms with Gasteiger partial charge in [-0.25, -0.2) is 0 Å². The molecule has 0 radical (unpaired) electrons. The zero-order chi connectivity index (χ0) is 14.7. The van der Waals surface area contributed by atoms with E-state index in [0.717, 1.165) is 12.8 Å². The molecule has 0 rings (SSSR count). The van der Waals surface area contributed by atoms with Crippen molar-refractivity contribution in [1.82, 2.24) is 0 Å². The molecule has 2 atom stereocenters. The number of carbonyl (C=O) groups is 2. The lowest BCUT2D eigenvalue weighted by atomic mass is 10.1. The Hall–Kier alpha value is -1.10. The molecule has 5 nitrogen and oxygen atoms in total. The van der Waals surface area contributed by atoms with Crippen LogP contribution in [0.15, 0.2) is 0 Å². The van der Waals surface area contributed by atoms with Gasteiger partial charge in [-0.15, -0.1) is 0 Å². The molecule has 0 aliphatic heterocycles. The largest absolute Gasteiger partial charge is 0.465 e. The van der Waals surface area contributed by atoms with Crippen molar-refractivity contribution in [2.75, 3.05) is 26.4 Å². The van der Waals surface area contributed by atoms with E-state index in [1.807, 2.05) is 13.8 Å². The van der Waals surface area contributed by atoms with Gasteiger partial charge in [-0.05, 0) is 12.8 Å². The molecule has 5 heteroatoms. The highest BCUT2D eigenvalue weighted by atomic mass is 16.5. The second-order valence-corrected chi connectivity index (χ2v) is 4.69. The van der Waals surface area contributed by atoms with E-state index >= 15 is 0 Å². The minimum atomic E-state index is -0.264. The third-order valence-electron chi connectivity index (χ3n) is 2.91. The number of ether oxygens (including phenoxy) is 3. The Bertz CT molecular complexity index is 239. The molecule has 0 N–H and O–H groups in total. The van der Waals surface area contributed by atoms with Crippen LogP contribution in [0.25, 0.3) is 0 Å². The van der Waals surface area contributed by atoms with E-state index in [1.165, 1.54) is 13.8 Å². The lowest BCUT2D eigenvalue weighted by molar-refractivity contribution is -0.143. The molecular formula is C14H26O5. The van der Waals surface area contributed by atoms with Gasteiger partial charge in [0.25, 0.3) is 0 Å². The normalized spacial score (nSPS) is 13.7. The summed E-state index contributed by atoms with van der Waals surface area (Å²) < 4.78 is 15.6. The summed E-state index contributed by atoms with van der Waals surface area (Å²) in [5.74, 6) is -0.0928. The molecule has 0 aromatic carbocycles. The van der Waals surface area contributed by atoms with Gasteiger partial charge in [-0.2, -0.15) is 0 Å². The van der Waals surface area contributed by atoms with Crippen LogP contribution in [0.2, 0.25) is 0 Å². The zero-order valence-electron chi connectivity index (χ0n) is 12.4.